The van der Waals surface area contributed by atoms with Crippen molar-refractivity contribution < 1.29 is 24.5 Å². The van der Waals surface area contributed by atoms with Crippen LogP contribution >= 0.6 is 0 Å². The van der Waals surface area contributed by atoms with Crippen molar-refractivity contribution in [1.29, 1.82) is 0 Å². The summed E-state index contributed by atoms with van der Waals surface area (Å²) in [4.78, 5) is 26.0. The number of aliphatic hydroxyl groups is 2. The molecule has 0 amide bonds. The van der Waals surface area contributed by atoms with Gasteiger partial charge in [-0.2, -0.15) is 0 Å². The molecule has 1 aromatic carbocycles. The monoisotopic (exact) mass is 637 g/mol. The molecule has 8 rings (SSSR count). The van der Waals surface area contributed by atoms with Crippen LogP contribution in [0.2, 0.25) is 0 Å². The number of aromatic nitrogens is 1. The molecule has 0 bridgehead atoms. The Morgan fingerprint density at radius 1 is 1.11 bits per heavy atom. The van der Waals surface area contributed by atoms with Gasteiger partial charge in [-0.25, -0.2) is 0 Å². The van der Waals surface area contributed by atoms with Crippen molar-refractivity contribution >= 4 is 28.5 Å². The molecule has 0 radical (unpaired) electrons. The summed E-state index contributed by atoms with van der Waals surface area (Å²) in [5.41, 5.74) is 5.99. The molecule has 6 aliphatic rings. The van der Waals surface area contributed by atoms with Crippen LogP contribution in [0.5, 0.6) is 0 Å². The fourth-order valence-electron chi connectivity index (χ4n) is 12.5. The minimum absolute atomic E-state index is 0.0405. The highest BCUT2D eigenvalue weighted by atomic mass is 16.5. The molecule has 0 spiro atoms. The summed E-state index contributed by atoms with van der Waals surface area (Å²) in [6.45, 7) is 21.7. The molecule has 0 saturated heterocycles. The van der Waals surface area contributed by atoms with E-state index in [2.05, 4.69) is 77.8 Å². The smallest absolute Gasteiger partial charge is 0.192 e. The molecule has 2 unspecified atom stereocenters. The number of aliphatic hydroxyl groups excluding tert-OH is 2. The van der Waals surface area contributed by atoms with Crippen molar-refractivity contribution in [2.24, 2.45) is 28.6 Å². The van der Waals surface area contributed by atoms with Crippen LogP contribution in [-0.2, 0) is 21.4 Å². The van der Waals surface area contributed by atoms with Gasteiger partial charge in [-0.1, -0.05) is 45.1 Å². The van der Waals surface area contributed by atoms with Crippen LogP contribution in [0.1, 0.15) is 132 Å². The van der Waals surface area contributed by atoms with E-state index in [0.29, 0.717) is 24.3 Å². The predicted molar refractivity (Wildman–Crippen MR) is 184 cm³/mol. The fourth-order valence-corrected chi connectivity index (χ4v) is 12.5. The first-order valence-electron chi connectivity index (χ1n) is 17.8. The maximum absolute atomic E-state index is 14.8. The largest absolute Gasteiger partial charge is 0.392 e. The molecule has 2 saturated carbocycles. The molecule has 6 heteroatoms. The van der Waals surface area contributed by atoms with Gasteiger partial charge in [0.25, 0.3) is 0 Å². The molecule has 9 atom stereocenters. The van der Waals surface area contributed by atoms with Gasteiger partial charge >= 0.3 is 0 Å². The molecule has 2 N–H and O–H groups in total. The van der Waals surface area contributed by atoms with Crippen molar-refractivity contribution in [3.8, 4) is 0 Å². The molecule has 2 aromatic rings. The molecular formula is C41H51NO5. The van der Waals surface area contributed by atoms with E-state index >= 15 is 0 Å². The Balaban J connectivity index is 1.40. The summed E-state index contributed by atoms with van der Waals surface area (Å²) in [7, 11) is 0. The van der Waals surface area contributed by atoms with E-state index in [9.17, 15) is 19.8 Å². The van der Waals surface area contributed by atoms with Crippen molar-refractivity contribution in [3.63, 3.8) is 0 Å². The average molecular weight is 638 g/mol. The molecule has 1 aromatic heterocycles. The lowest BCUT2D eigenvalue weighted by molar-refractivity contribution is -0.145. The maximum atomic E-state index is 14.8. The Bertz CT molecular complexity index is 1860. The number of carbonyl (C=O) groups excluding carboxylic acids is 2. The minimum Gasteiger partial charge on any atom is -0.392 e. The third-order valence-electron chi connectivity index (χ3n) is 14.3. The molecule has 3 heterocycles. The standard InChI is InChI=1S/C41H51NO5/c1-21(2)32-35(46)30-29-23(26-20-37(3,4)47-38(5,6)31(26)34(29)45)19-24-25-18-22-12-13-27-39(7,15-10-11-17-43)28(44)14-16-40(27,8)41(22,9)36(25)42(32)33(24)30/h10,15,17,19-20,22,27-28,31-32,34,44-45H,1,11-14,16,18H2,2-9H3/b15-10+/t22?,27-,28-,31?,32-,34+,39-,40-,41+/m0/s1. The van der Waals surface area contributed by atoms with E-state index in [1.807, 2.05) is 13.0 Å². The molecular weight excluding hydrogens is 586 g/mol. The summed E-state index contributed by atoms with van der Waals surface area (Å²) >= 11 is 0. The summed E-state index contributed by atoms with van der Waals surface area (Å²) in [6.07, 6.45) is 10.8. The Hall–Kier alpha value is -2.80. The number of benzene rings is 1. The predicted octanol–water partition coefficient (Wildman–Crippen LogP) is 7.74. The van der Waals surface area contributed by atoms with Crippen LogP contribution in [0.4, 0.5) is 0 Å². The van der Waals surface area contributed by atoms with Crippen LogP contribution in [0.3, 0.4) is 0 Å². The van der Waals surface area contributed by atoms with Gasteiger partial charge in [-0.05, 0) is 113 Å². The molecule has 4 aliphatic carbocycles. The van der Waals surface area contributed by atoms with E-state index in [4.69, 9.17) is 4.74 Å². The number of allylic oxidation sites excluding steroid dienone is 2. The van der Waals surface area contributed by atoms with Gasteiger partial charge in [-0.3, -0.25) is 4.79 Å². The van der Waals surface area contributed by atoms with Crippen LogP contribution in [0.15, 0.2) is 36.4 Å². The number of aldehydes is 1. The number of hydrogen-bond donors (Lipinski definition) is 2. The molecule has 2 aliphatic heterocycles. The van der Waals surface area contributed by atoms with Crippen molar-refractivity contribution in [3.05, 3.63) is 64.4 Å². The van der Waals surface area contributed by atoms with Gasteiger partial charge in [0.15, 0.2) is 5.78 Å². The highest BCUT2D eigenvalue weighted by Gasteiger charge is 2.67. The number of ether oxygens (including phenoxy) is 1. The number of carbonyl (C=O) groups is 2. The van der Waals surface area contributed by atoms with Gasteiger partial charge in [0.05, 0.1) is 34.5 Å². The second-order valence-corrected chi connectivity index (χ2v) is 17.6. The van der Waals surface area contributed by atoms with Gasteiger partial charge in [0.2, 0.25) is 0 Å². The SMILES string of the molecule is C=C(C)[C@H]1C(=O)c2c3c(cc4c5c(n1c24)[C@@]1(C)C(CC[C@H]2[C@](C)(/C=C/CC=O)[C@@H](O)CC[C@@]21C)C5)C1=CC(C)(C)OC(C)(C)C1[C@@H]3O. The number of fused-ring (bicyclic) bond motifs is 11. The third kappa shape index (κ3) is 3.63. The number of ketones is 1. The molecule has 47 heavy (non-hydrogen) atoms. The summed E-state index contributed by atoms with van der Waals surface area (Å²) in [5, 5.41) is 24.8. The highest BCUT2D eigenvalue weighted by Crippen LogP contribution is 2.71. The zero-order chi connectivity index (χ0) is 33.8. The lowest BCUT2D eigenvalue weighted by atomic mass is 9.40. The van der Waals surface area contributed by atoms with Gasteiger partial charge in [0.1, 0.15) is 12.3 Å². The van der Waals surface area contributed by atoms with Gasteiger partial charge < -0.3 is 24.3 Å². The highest BCUT2D eigenvalue weighted by molar-refractivity contribution is 6.18. The Morgan fingerprint density at radius 2 is 1.83 bits per heavy atom. The second-order valence-electron chi connectivity index (χ2n) is 17.6. The number of nitrogens with zero attached hydrogens (tertiary/aromatic N) is 1. The minimum atomic E-state index is -0.841. The van der Waals surface area contributed by atoms with Crippen LogP contribution < -0.4 is 0 Å². The lowest BCUT2D eigenvalue weighted by Crippen LogP contribution is -2.62. The van der Waals surface area contributed by atoms with Gasteiger partial charge in [-0.15, -0.1) is 0 Å². The Kier molecular flexibility index (Phi) is 6.33. The zero-order valence-corrected chi connectivity index (χ0v) is 29.4. The molecule has 6 nitrogen and oxygen atoms in total. The lowest BCUT2D eigenvalue weighted by Gasteiger charge is -2.64. The van der Waals surface area contributed by atoms with Crippen molar-refractivity contribution in [2.45, 2.75) is 129 Å². The summed E-state index contributed by atoms with van der Waals surface area (Å²) < 4.78 is 8.87. The topological polar surface area (TPSA) is 88.8 Å². The first-order valence-corrected chi connectivity index (χ1v) is 17.8. The third-order valence-corrected chi connectivity index (χ3v) is 14.3. The number of rotatable bonds is 4. The first-order chi connectivity index (χ1) is 21.9. The fraction of sp³-hybridized carbons (Fsp3) is 0.610. The summed E-state index contributed by atoms with van der Waals surface area (Å²) in [5.74, 6) is 0.407. The van der Waals surface area contributed by atoms with Gasteiger partial charge in [0, 0.05) is 39.8 Å². The average Bonchev–Trinajstić information content (AvgIpc) is 3.64. The second kappa shape index (κ2) is 9.46. The van der Waals surface area contributed by atoms with Crippen LogP contribution in [-0.4, -0.2) is 44.2 Å². The zero-order valence-electron chi connectivity index (χ0n) is 29.4. The quantitative estimate of drug-likeness (QED) is 0.265. The van der Waals surface area contributed by atoms with E-state index in [1.165, 1.54) is 11.3 Å². The van der Waals surface area contributed by atoms with E-state index < -0.39 is 34.9 Å². The number of Topliss-reactive ketones (excluding diaryl/α,β-unsaturated/α-hetero) is 1. The van der Waals surface area contributed by atoms with Crippen molar-refractivity contribution in [2.75, 3.05) is 0 Å². The Labute approximate surface area is 278 Å². The molecule has 2 fully saturated rings. The first kappa shape index (κ1) is 31.5. The number of hydrogen-bond acceptors (Lipinski definition) is 5. The van der Waals surface area contributed by atoms with E-state index in [0.717, 1.165) is 65.1 Å². The Morgan fingerprint density at radius 3 is 2.51 bits per heavy atom. The summed E-state index contributed by atoms with van der Waals surface area (Å²) in [6, 6.07) is 1.79. The van der Waals surface area contributed by atoms with Crippen LogP contribution in [0.25, 0.3) is 16.5 Å². The maximum Gasteiger partial charge on any atom is 0.192 e. The molecule has 250 valence electrons. The van der Waals surface area contributed by atoms with E-state index in [-0.39, 0.29) is 28.4 Å². The van der Waals surface area contributed by atoms with Crippen molar-refractivity contribution in [1.82, 2.24) is 4.57 Å². The van der Waals surface area contributed by atoms with E-state index in [1.54, 1.807) is 0 Å². The normalized spacial score (nSPS) is 40.6. The van der Waals surface area contributed by atoms with Crippen LogP contribution in [0, 0.1) is 28.6 Å².